The van der Waals surface area contributed by atoms with Crippen LogP contribution >= 0.6 is 0 Å². The van der Waals surface area contributed by atoms with E-state index in [0.717, 1.165) is 18.5 Å². The minimum absolute atomic E-state index is 0.210. The Labute approximate surface area is 133 Å². The van der Waals surface area contributed by atoms with E-state index in [4.69, 9.17) is 0 Å². The third kappa shape index (κ3) is 2.81. The largest absolute Gasteiger partial charge is 0.480 e. The normalized spacial score (nSPS) is 18.0. The average Bonchev–Trinajstić information content (AvgIpc) is 2.96. The van der Waals surface area contributed by atoms with Gasteiger partial charge in [0.25, 0.3) is 5.91 Å². The van der Waals surface area contributed by atoms with E-state index in [1.165, 1.54) is 4.90 Å². The van der Waals surface area contributed by atoms with Gasteiger partial charge in [0.05, 0.1) is 11.4 Å². The second kappa shape index (κ2) is 6.20. The Morgan fingerprint density at radius 2 is 1.96 bits per heavy atom. The molecular weight excluding hydrogens is 296 g/mol. The minimum Gasteiger partial charge on any atom is -0.480 e. The molecule has 0 saturated carbocycles. The van der Waals surface area contributed by atoms with Gasteiger partial charge in [0, 0.05) is 6.54 Å². The van der Waals surface area contributed by atoms with Crippen molar-refractivity contribution in [1.82, 2.24) is 19.9 Å². The number of hydrogen-bond donors (Lipinski definition) is 1. The van der Waals surface area contributed by atoms with Crippen LogP contribution in [0, 0.1) is 6.92 Å². The van der Waals surface area contributed by atoms with Gasteiger partial charge in [0.1, 0.15) is 6.04 Å². The highest BCUT2D eigenvalue weighted by atomic mass is 16.4. The SMILES string of the molecule is Cc1c(C(=O)N2CCCC[C@@H]2C(=O)O)nnn1-c1ccccc1. The summed E-state index contributed by atoms with van der Waals surface area (Å²) in [7, 11) is 0. The molecule has 120 valence electrons. The lowest BCUT2D eigenvalue weighted by molar-refractivity contribution is -0.143. The van der Waals surface area contributed by atoms with Gasteiger partial charge in [-0.1, -0.05) is 23.4 Å². The van der Waals surface area contributed by atoms with Crippen molar-refractivity contribution in [2.75, 3.05) is 6.54 Å². The van der Waals surface area contributed by atoms with Crippen molar-refractivity contribution in [3.05, 3.63) is 41.7 Å². The Balaban J connectivity index is 1.91. The zero-order valence-corrected chi connectivity index (χ0v) is 12.8. The fourth-order valence-corrected chi connectivity index (χ4v) is 2.91. The summed E-state index contributed by atoms with van der Waals surface area (Å²) >= 11 is 0. The lowest BCUT2D eigenvalue weighted by Gasteiger charge is -2.32. The number of hydrogen-bond acceptors (Lipinski definition) is 4. The van der Waals surface area contributed by atoms with Gasteiger partial charge in [0.2, 0.25) is 0 Å². The van der Waals surface area contributed by atoms with Crippen molar-refractivity contribution in [3.8, 4) is 5.69 Å². The molecule has 7 heteroatoms. The van der Waals surface area contributed by atoms with Gasteiger partial charge in [0.15, 0.2) is 5.69 Å². The summed E-state index contributed by atoms with van der Waals surface area (Å²) in [5.74, 6) is -1.33. The number of nitrogens with zero attached hydrogens (tertiary/aromatic N) is 4. The average molecular weight is 314 g/mol. The molecule has 7 nitrogen and oxygen atoms in total. The van der Waals surface area contributed by atoms with Gasteiger partial charge in [-0.05, 0) is 38.3 Å². The Bertz CT molecular complexity index is 726. The number of carbonyl (C=O) groups is 2. The van der Waals surface area contributed by atoms with Crippen LogP contribution in [0.4, 0.5) is 0 Å². The molecule has 2 heterocycles. The number of benzene rings is 1. The summed E-state index contributed by atoms with van der Waals surface area (Å²) in [5.41, 5.74) is 1.63. The molecule has 1 atom stereocenters. The first-order valence-electron chi connectivity index (χ1n) is 7.61. The molecule has 3 rings (SSSR count). The molecule has 0 aliphatic carbocycles. The standard InChI is InChI=1S/C16H18N4O3/c1-11-14(17-18-20(11)12-7-3-2-4-8-12)15(21)19-10-6-5-9-13(19)16(22)23/h2-4,7-8,13H,5-6,9-10H2,1H3,(H,22,23)/t13-/m1/s1. The van der Waals surface area contributed by atoms with Crippen molar-refractivity contribution in [2.45, 2.75) is 32.2 Å². The molecule has 1 amide bonds. The van der Waals surface area contributed by atoms with Gasteiger partial charge in [-0.3, -0.25) is 4.79 Å². The van der Waals surface area contributed by atoms with E-state index in [1.54, 1.807) is 11.6 Å². The Morgan fingerprint density at radius 1 is 1.22 bits per heavy atom. The van der Waals surface area contributed by atoms with Gasteiger partial charge < -0.3 is 10.0 Å². The number of amides is 1. The van der Waals surface area contributed by atoms with Crippen molar-refractivity contribution in [3.63, 3.8) is 0 Å². The van der Waals surface area contributed by atoms with Crippen molar-refractivity contribution in [1.29, 1.82) is 0 Å². The van der Waals surface area contributed by atoms with E-state index in [1.807, 2.05) is 30.3 Å². The van der Waals surface area contributed by atoms with E-state index >= 15 is 0 Å². The number of carbonyl (C=O) groups excluding carboxylic acids is 1. The highest BCUT2D eigenvalue weighted by molar-refractivity contribution is 5.96. The number of aromatic nitrogens is 3. The minimum atomic E-state index is -0.967. The van der Waals surface area contributed by atoms with Crippen molar-refractivity contribution in [2.24, 2.45) is 0 Å². The fourth-order valence-electron chi connectivity index (χ4n) is 2.91. The zero-order valence-electron chi connectivity index (χ0n) is 12.8. The maximum absolute atomic E-state index is 12.7. The molecule has 23 heavy (non-hydrogen) atoms. The number of rotatable bonds is 3. The highest BCUT2D eigenvalue weighted by Gasteiger charge is 2.34. The summed E-state index contributed by atoms with van der Waals surface area (Å²) in [6.07, 6.45) is 2.10. The van der Waals surface area contributed by atoms with Crippen LogP contribution in [0.1, 0.15) is 35.4 Å². The zero-order chi connectivity index (χ0) is 16.4. The van der Waals surface area contributed by atoms with E-state index in [0.29, 0.717) is 18.7 Å². The maximum atomic E-state index is 12.7. The van der Waals surface area contributed by atoms with Crippen LogP contribution in [0.5, 0.6) is 0 Å². The topological polar surface area (TPSA) is 88.3 Å². The third-order valence-corrected chi connectivity index (χ3v) is 4.15. The third-order valence-electron chi connectivity index (χ3n) is 4.15. The molecule has 1 aliphatic rings. The molecule has 1 aliphatic heterocycles. The van der Waals surface area contributed by atoms with Crippen LogP contribution in [0.2, 0.25) is 0 Å². The van der Waals surface area contributed by atoms with Crippen LogP contribution < -0.4 is 0 Å². The van der Waals surface area contributed by atoms with Crippen LogP contribution in [0.15, 0.2) is 30.3 Å². The fraction of sp³-hybridized carbons (Fsp3) is 0.375. The van der Waals surface area contributed by atoms with Gasteiger partial charge in [-0.2, -0.15) is 0 Å². The van der Waals surface area contributed by atoms with E-state index < -0.39 is 12.0 Å². The number of carboxylic acids is 1. The van der Waals surface area contributed by atoms with E-state index in [-0.39, 0.29) is 11.6 Å². The van der Waals surface area contributed by atoms with Crippen LogP contribution in [-0.2, 0) is 4.79 Å². The quantitative estimate of drug-likeness (QED) is 0.930. The maximum Gasteiger partial charge on any atom is 0.326 e. The van der Waals surface area contributed by atoms with Crippen molar-refractivity contribution >= 4 is 11.9 Å². The molecule has 0 spiro atoms. The molecule has 1 fully saturated rings. The van der Waals surface area contributed by atoms with Crippen LogP contribution in [0.3, 0.4) is 0 Å². The molecule has 1 N–H and O–H groups in total. The molecular formula is C16H18N4O3. The van der Waals surface area contributed by atoms with Gasteiger partial charge in [-0.15, -0.1) is 5.10 Å². The number of piperidine rings is 1. The molecule has 2 aromatic rings. The second-order valence-corrected chi connectivity index (χ2v) is 5.62. The molecule has 1 aromatic carbocycles. The van der Waals surface area contributed by atoms with E-state index in [2.05, 4.69) is 10.3 Å². The van der Waals surface area contributed by atoms with Crippen LogP contribution in [-0.4, -0.2) is 49.5 Å². The first kappa shape index (κ1) is 15.2. The van der Waals surface area contributed by atoms with Crippen LogP contribution in [0.25, 0.3) is 5.69 Å². The molecule has 1 saturated heterocycles. The smallest absolute Gasteiger partial charge is 0.326 e. The predicted octanol–water partition coefficient (Wildman–Crippen LogP) is 1.66. The first-order valence-corrected chi connectivity index (χ1v) is 7.61. The summed E-state index contributed by atoms with van der Waals surface area (Å²) in [5, 5.41) is 17.4. The lowest BCUT2D eigenvalue weighted by atomic mass is 10.0. The first-order chi connectivity index (χ1) is 11.1. The summed E-state index contributed by atoms with van der Waals surface area (Å²) < 4.78 is 1.59. The monoisotopic (exact) mass is 314 g/mol. The number of likely N-dealkylation sites (tertiary alicyclic amines) is 1. The van der Waals surface area contributed by atoms with Crippen molar-refractivity contribution < 1.29 is 14.7 Å². The Hall–Kier alpha value is -2.70. The number of carboxylic acid groups (broad SMARTS) is 1. The van der Waals surface area contributed by atoms with Gasteiger partial charge in [-0.25, -0.2) is 9.48 Å². The van der Waals surface area contributed by atoms with Gasteiger partial charge >= 0.3 is 5.97 Å². The highest BCUT2D eigenvalue weighted by Crippen LogP contribution is 2.21. The number of aliphatic carboxylic acids is 1. The summed E-state index contributed by atoms with van der Waals surface area (Å²) in [4.78, 5) is 25.5. The molecule has 0 bridgehead atoms. The summed E-state index contributed by atoms with van der Waals surface area (Å²) in [6, 6.07) is 8.62. The second-order valence-electron chi connectivity index (χ2n) is 5.62. The molecule has 0 radical (unpaired) electrons. The summed E-state index contributed by atoms with van der Waals surface area (Å²) in [6.45, 7) is 2.20. The Kier molecular flexibility index (Phi) is 4.10. The predicted molar refractivity (Wildman–Crippen MR) is 82.4 cm³/mol. The molecule has 1 aromatic heterocycles. The lowest BCUT2D eigenvalue weighted by Crippen LogP contribution is -2.48. The Morgan fingerprint density at radius 3 is 2.65 bits per heavy atom. The number of para-hydroxylation sites is 1. The van der Waals surface area contributed by atoms with E-state index in [9.17, 15) is 14.7 Å². The molecule has 0 unspecified atom stereocenters.